The first-order valence-corrected chi connectivity index (χ1v) is 14.0. The fourth-order valence-electron chi connectivity index (χ4n) is 4.96. The van der Waals surface area contributed by atoms with Gasteiger partial charge in [0.05, 0.1) is 6.61 Å². The quantitative estimate of drug-likeness (QED) is 0.219. The summed E-state index contributed by atoms with van der Waals surface area (Å²) in [6, 6.07) is 9.55. The van der Waals surface area contributed by atoms with Crippen LogP contribution in [0.3, 0.4) is 0 Å². The highest BCUT2D eigenvalue weighted by molar-refractivity contribution is 5.41. The Morgan fingerprint density at radius 1 is 0.811 bits per heavy atom. The van der Waals surface area contributed by atoms with Gasteiger partial charge in [0, 0.05) is 5.56 Å². The molecular weight excluding hydrogens is 477 g/mol. The number of benzene rings is 2. The molecule has 0 amide bonds. The van der Waals surface area contributed by atoms with Crippen molar-refractivity contribution in [1.82, 2.24) is 0 Å². The van der Waals surface area contributed by atoms with Crippen molar-refractivity contribution in [3.05, 3.63) is 53.3 Å². The zero-order valence-electron chi connectivity index (χ0n) is 22.7. The van der Waals surface area contributed by atoms with Crippen LogP contribution in [0, 0.1) is 24.6 Å². The molecule has 2 aromatic carbocycles. The molecule has 3 nitrogen and oxygen atoms in total. The maximum atomic E-state index is 14.9. The van der Waals surface area contributed by atoms with Gasteiger partial charge in [-0.2, -0.15) is 8.78 Å². The summed E-state index contributed by atoms with van der Waals surface area (Å²) in [6.07, 6.45) is 9.35. The van der Waals surface area contributed by atoms with Crippen LogP contribution in [-0.2, 0) is 6.42 Å². The molecule has 0 atom stereocenters. The summed E-state index contributed by atoms with van der Waals surface area (Å²) >= 11 is 0. The Morgan fingerprint density at radius 3 is 2.14 bits per heavy atom. The molecule has 0 N–H and O–H groups in total. The molecule has 2 aromatic rings. The molecule has 6 heteroatoms. The van der Waals surface area contributed by atoms with Crippen molar-refractivity contribution in [2.75, 3.05) is 13.2 Å². The van der Waals surface area contributed by atoms with Crippen molar-refractivity contribution in [3.8, 4) is 17.2 Å². The number of aryl methyl sites for hydroxylation is 1. The Kier molecular flexibility index (Phi) is 11.5. The Hall–Kier alpha value is -2.37. The van der Waals surface area contributed by atoms with Gasteiger partial charge in [-0.3, -0.25) is 0 Å². The van der Waals surface area contributed by atoms with Crippen LogP contribution in [0.25, 0.3) is 0 Å². The molecule has 0 heterocycles. The SMILES string of the molecule is CCCCCC1CCC(COc2ccc(OCC(F)(F)Oc3ccc(CCCC)cc3)c(F)c2C)CC1. The van der Waals surface area contributed by atoms with Crippen molar-refractivity contribution < 1.29 is 27.4 Å². The second-order valence-electron chi connectivity index (χ2n) is 10.5. The van der Waals surface area contributed by atoms with Gasteiger partial charge in [0.15, 0.2) is 18.2 Å². The van der Waals surface area contributed by atoms with Gasteiger partial charge in [0.25, 0.3) is 0 Å². The normalized spacial score (nSPS) is 18.0. The molecule has 0 bridgehead atoms. The van der Waals surface area contributed by atoms with Crippen LogP contribution in [0.2, 0.25) is 0 Å². The third-order valence-electron chi connectivity index (χ3n) is 7.36. The lowest BCUT2D eigenvalue weighted by Gasteiger charge is -2.28. The molecule has 206 valence electrons. The minimum Gasteiger partial charge on any atom is -0.493 e. The van der Waals surface area contributed by atoms with Crippen LogP contribution >= 0.6 is 0 Å². The molecule has 0 aromatic heterocycles. The van der Waals surface area contributed by atoms with Crippen LogP contribution < -0.4 is 14.2 Å². The summed E-state index contributed by atoms with van der Waals surface area (Å²) in [5, 5.41) is 0. The second-order valence-corrected chi connectivity index (χ2v) is 10.5. The van der Waals surface area contributed by atoms with E-state index in [9.17, 15) is 13.2 Å². The van der Waals surface area contributed by atoms with E-state index in [0.29, 0.717) is 18.3 Å². The number of hydrogen-bond donors (Lipinski definition) is 0. The van der Waals surface area contributed by atoms with E-state index in [1.165, 1.54) is 56.7 Å². The molecular formula is C31H43F3O3. The van der Waals surface area contributed by atoms with E-state index in [1.807, 2.05) is 0 Å². The summed E-state index contributed by atoms with van der Waals surface area (Å²) in [5.74, 6) is 0.845. The first-order valence-electron chi connectivity index (χ1n) is 14.0. The highest BCUT2D eigenvalue weighted by Crippen LogP contribution is 2.34. The molecule has 0 spiro atoms. The lowest BCUT2D eigenvalue weighted by molar-refractivity contribution is -0.195. The summed E-state index contributed by atoms with van der Waals surface area (Å²) < 4.78 is 59.5. The molecule has 1 fully saturated rings. The molecule has 0 unspecified atom stereocenters. The smallest absolute Gasteiger partial charge is 0.432 e. The highest BCUT2D eigenvalue weighted by Gasteiger charge is 2.34. The Morgan fingerprint density at radius 2 is 1.46 bits per heavy atom. The summed E-state index contributed by atoms with van der Waals surface area (Å²) in [4.78, 5) is 0. The van der Waals surface area contributed by atoms with Gasteiger partial charge in [-0.05, 0) is 74.3 Å². The largest absolute Gasteiger partial charge is 0.493 e. The lowest BCUT2D eigenvalue weighted by Crippen LogP contribution is -2.32. The van der Waals surface area contributed by atoms with E-state index in [-0.39, 0.29) is 17.1 Å². The molecule has 1 aliphatic rings. The van der Waals surface area contributed by atoms with E-state index in [2.05, 4.69) is 13.8 Å². The van der Waals surface area contributed by atoms with E-state index in [1.54, 1.807) is 25.1 Å². The van der Waals surface area contributed by atoms with Crippen molar-refractivity contribution in [2.24, 2.45) is 11.8 Å². The Bertz CT molecular complexity index is 937. The molecule has 1 saturated carbocycles. The summed E-state index contributed by atoms with van der Waals surface area (Å²) in [5.41, 5.74) is 1.33. The van der Waals surface area contributed by atoms with Gasteiger partial charge < -0.3 is 14.2 Å². The fourth-order valence-corrected chi connectivity index (χ4v) is 4.96. The van der Waals surface area contributed by atoms with Gasteiger partial charge >= 0.3 is 6.11 Å². The fraction of sp³-hybridized carbons (Fsp3) is 0.613. The van der Waals surface area contributed by atoms with E-state index in [4.69, 9.17) is 14.2 Å². The summed E-state index contributed by atoms with van der Waals surface area (Å²) in [7, 11) is 0. The Labute approximate surface area is 220 Å². The number of unbranched alkanes of at least 4 members (excludes halogenated alkanes) is 3. The van der Waals surface area contributed by atoms with Crippen molar-refractivity contribution in [3.63, 3.8) is 0 Å². The summed E-state index contributed by atoms with van der Waals surface area (Å²) in [6.45, 7) is 5.37. The first kappa shape index (κ1) is 29.2. The molecule has 0 aliphatic heterocycles. The van der Waals surface area contributed by atoms with Crippen molar-refractivity contribution in [1.29, 1.82) is 0 Å². The van der Waals surface area contributed by atoms with Crippen molar-refractivity contribution >= 4 is 0 Å². The number of ether oxygens (including phenoxy) is 3. The second kappa shape index (κ2) is 14.5. The molecule has 37 heavy (non-hydrogen) atoms. The highest BCUT2D eigenvalue weighted by atomic mass is 19.3. The van der Waals surface area contributed by atoms with Gasteiger partial charge in [0.2, 0.25) is 0 Å². The minimum atomic E-state index is -3.60. The van der Waals surface area contributed by atoms with Crippen LogP contribution in [0.1, 0.15) is 89.2 Å². The lowest BCUT2D eigenvalue weighted by atomic mass is 9.80. The van der Waals surface area contributed by atoms with E-state index in [0.717, 1.165) is 43.6 Å². The zero-order chi connectivity index (χ0) is 26.7. The van der Waals surface area contributed by atoms with Crippen LogP contribution in [0.4, 0.5) is 13.2 Å². The molecule has 3 rings (SSSR count). The Balaban J connectivity index is 1.46. The molecule has 0 radical (unpaired) electrons. The van der Waals surface area contributed by atoms with E-state index < -0.39 is 18.5 Å². The van der Waals surface area contributed by atoms with Gasteiger partial charge in [-0.25, -0.2) is 4.39 Å². The maximum absolute atomic E-state index is 14.9. The molecule has 1 aliphatic carbocycles. The predicted molar refractivity (Wildman–Crippen MR) is 142 cm³/mol. The number of alkyl halides is 2. The number of halogens is 3. The van der Waals surface area contributed by atoms with Gasteiger partial charge in [-0.15, -0.1) is 0 Å². The van der Waals surface area contributed by atoms with Gasteiger partial charge in [0.1, 0.15) is 11.5 Å². The van der Waals surface area contributed by atoms with Crippen LogP contribution in [0.5, 0.6) is 17.2 Å². The third-order valence-corrected chi connectivity index (χ3v) is 7.36. The van der Waals surface area contributed by atoms with Crippen LogP contribution in [0.15, 0.2) is 36.4 Å². The number of hydrogen-bond acceptors (Lipinski definition) is 3. The topological polar surface area (TPSA) is 27.7 Å². The monoisotopic (exact) mass is 520 g/mol. The van der Waals surface area contributed by atoms with Crippen molar-refractivity contribution in [2.45, 2.75) is 97.5 Å². The average Bonchev–Trinajstić information content (AvgIpc) is 2.89. The van der Waals surface area contributed by atoms with Crippen LogP contribution in [-0.4, -0.2) is 19.3 Å². The standard InChI is InChI=1S/C31H43F3O3/c1-4-6-8-10-25-11-13-26(14-12-25)21-35-28-19-20-29(30(32)23(28)3)36-22-31(33,34)37-27-17-15-24(16-18-27)9-7-5-2/h15-20,25-26H,4-14,21-22H2,1-3H3. The van der Waals surface area contributed by atoms with Gasteiger partial charge in [-0.1, -0.05) is 70.9 Å². The predicted octanol–water partition coefficient (Wildman–Crippen LogP) is 9.29. The third kappa shape index (κ3) is 9.46. The number of rotatable bonds is 15. The maximum Gasteiger partial charge on any atom is 0.432 e. The average molecular weight is 521 g/mol. The zero-order valence-corrected chi connectivity index (χ0v) is 22.7. The van der Waals surface area contributed by atoms with E-state index >= 15 is 0 Å². The first-order chi connectivity index (χ1) is 17.8. The minimum absolute atomic E-state index is 0.0456. The molecule has 0 saturated heterocycles.